The van der Waals surface area contributed by atoms with Crippen molar-refractivity contribution in [3.05, 3.63) is 126 Å². The molecule has 6 aromatic rings. The van der Waals surface area contributed by atoms with E-state index >= 15 is 0 Å². The van der Waals surface area contributed by atoms with E-state index in [-0.39, 0.29) is 0 Å². The van der Waals surface area contributed by atoms with E-state index in [9.17, 15) is 0 Å². The van der Waals surface area contributed by atoms with Crippen molar-refractivity contribution in [1.82, 2.24) is 49.2 Å². The maximum absolute atomic E-state index is 4.90. The molecule has 10 heteroatoms. The summed E-state index contributed by atoms with van der Waals surface area (Å²) in [7, 11) is 0. The summed E-state index contributed by atoms with van der Waals surface area (Å²) < 4.78 is 5.41. The summed E-state index contributed by atoms with van der Waals surface area (Å²) in [5.41, 5.74) is 5.65. The standard InChI is InChI=1S/C30H30N10/c1-22-13-16-38(34-22)28-10-4-7-25(31-28)19-37(20-26-8-5-11-29(32-26)39-17-14-23(2)35-39)21-27-9-6-12-30(33-27)40-18-15-24(3)36-40/h4-18H,19-21H2,1-3H3. The number of hydrogen-bond donors (Lipinski definition) is 0. The lowest BCUT2D eigenvalue weighted by atomic mass is 10.2. The van der Waals surface area contributed by atoms with Crippen LogP contribution in [0, 0.1) is 20.8 Å². The molecule has 0 saturated heterocycles. The summed E-state index contributed by atoms with van der Waals surface area (Å²) in [6, 6.07) is 24.0. The Kier molecular flexibility index (Phi) is 6.98. The van der Waals surface area contributed by atoms with Crippen molar-refractivity contribution in [2.45, 2.75) is 40.4 Å². The van der Waals surface area contributed by atoms with Gasteiger partial charge in [-0.3, -0.25) is 4.90 Å². The third kappa shape index (κ3) is 5.87. The van der Waals surface area contributed by atoms with Crippen LogP contribution in [0.4, 0.5) is 0 Å². The van der Waals surface area contributed by atoms with Crippen LogP contribution in [0.3, 0.4) is 0 Å². The summed E-state index contributed by atoms with van der Waals surface area (Å²) >= 11 is 0. The number of aromatic nitrogens is 9. The van der Waals surface area contributed by atoms with Gasteiger partial charge in [0.05, 0.1) is 34.2 Å². The molecule has 0 aliphatic carbocycles. The fourth-order valence-electron chi connectivity index (χ4n) is 4.53. The van der Waals surface area contributed by atoms with Gasteiger partial charge in [0.2, 0.25) is 0 Å². The van der Waals surface area contributed by atoms with Crippen molar-refractivity contribution in [2.75, 3.05) is 0 Å². The topological polar surface area (TPSA) is 95.4 Å². The van der Waals surface area contributed by atoms with Gasteiger partial charge in [0.15, 0.2) is 17.5 Å². The van der Waals surface area contributed by atoms with Crippen molar-refractivity contribution in [1.29, 1.82) is 0 Å². The molecule has 0 saturated carbocycles. The number of aryl methyl sites for hydroxylation is 3. The summed E-state index contributed by atoms with van der Waals surface area (Å²) in [6.45, 7) is 7.73. The smallest absolute Gasteiger partial charge is 0.153 e. The molecule has 40 heavy (non-hydrogen) atoms. The van der Waals surface area contributed by atoms with E-state index in [1.165, 1.54) is 0 Å². The molecule has 0 aliphatic rings. The highest BCUT2D eigenvalue weighted by atomic mass is 15.3. The Balaban J connectivity index is 1.29. The third-order valence-corrected chi connectivity index (χ3v) is 6.40. The lowest BCUT2D eigenvalue weighted by Gasteiger charge is -2.22. The molecule has 0 amide bonds. The number of pyridine rings is 3. The fourth-order valence-corrected chi connectivity index (χ4v) is 4.53. The molecule has 0 bridgehead atoms. The van der Waals surface area contributed by atoms with Crippen LogP contribution < -0.4 is 0 Å². The second kappa shape index (κ2) is 11.0. The second-order valence-corrected chi connectivity index (χ2v) is 9.81. The maximum Gasteiger partial charge on any atom is 0.153 e. The van der Waals surface area contributed by atoms with Gasteiger partial charge in [-0.1, -0.05) is 18.2 Å². The molecule has 0 N–H and O–H groups in total. The number of rotatable bonds is 9. The Hall–Kier alpha value is -4.96. The minimum atomic E-state index is 0.605. The Labute approximate surface area is 232 Å². The van der Waals surface area contributed by atoms with E-state index < -0.39 is 0 Å². The highest BCUT2D eigenvalue weighted by Gasteiger charge is 2.14. The van der Waals surface area contributed by atoms with Gasteiger partial charge in [-0.05, 0) is 75.4 Å². The average Bonchev–Trinajstić information content (AvgIpc) is 3.70. The zero-order valence-corrected chi connectivity index (χ0v) is 22.8. The first-order valence-corrected chi connectivity index (χ1v) is 13.2. The van der Waals surface area contributed by atoms with E-state index in [4.69, 9.17) is 15.0 Å². The van der Waals surface area contributed by atoms with E-state index in [2.05, 4.69) is 20.2 Å². The molecule has 0 atom stereocenters. The van der Waals surface area contributed by atoms with Crippen molar-refractivity contribution >= 4 is 0 Å². The van der Waals surface area contributed by atoms with Crippen LogP contribution in [0.25, 0.3) is 17.5 Å². The van der Waals surface area contributed by atoms with E-state index in [1.54, 1.807) is 14.0 Å². The molecular formula is C30H30N10. The molecule has 6 rings (SSSR count). The van der Waals surface area contributed by atoms with Gasteiger partial charge in [-0.15, -0.1) is 0 Å². The van der Waals surface area contributed by atoms with Gasteiger partial charge in [0.25, 0.3) is 0 Å². The molecule has 0 radical (unpaired) electrons. The molecule has 6 aromatic heterocycles. The van der Waals surface area contributed by atoms with Crippen LogP contribution in [-0.2, 0) is 19.6 Å². The first-order chi connectivity index (χ1) is 19.5. The van der Waals surface area contributed by atoms with Crippen molar-refractivity contribution in [3.63, 3.8) is 0 Å². The van der Waals surface area contributed by atoms with Gasteiger partial charge in [0.1, 0.15) is 0 Å². The van der Waals surface area contributed by atoms with Crippen LogP contribution in [-0.4, -0.2) is 49.2 Å². The van der Waals surface area contributed by atoms with Crippen molar-refractivity contribution < 1.29 is 0 Å². The average molecular weight is 531 g/mol. The Morgan fingerprint density at radius 3 is 1.07 bits per heavy atom. The first kappa shape index (κ1) is 25.3. The number of nitrogens with zero attached hydrogens (tertiary/aromatic N) is 10. The van der Waals surface area contributed by atoms with Crippen LogP contribution in [0.2, 0.25) is 0 Å². The summed E-state index contributed by atoms with van der Waals surface area (Å²) in [5, 5.41) is 13.6. The van der Waals surface area contributed by atoms with Gasteiger partial charge in [-0.2, -0.15) is 15.3 Å². The maximum atomic E-state index is 4.90. The molecule has 0 aliphatic heterocycles. The summed E-state index contributed by atoms with van der Waals surface area (Å²) in [5.74, 6) is 2.36. The largest absolute Gasteiger partial charge is 0.286 e. The monoisotopic (exact) mass is 530 g/mol. The lowest BCUT2D eigenvalue weighted by molar-refractivity contribution is 0.238. The molecule has 0 unspecified atom stereocenters. The third-order valence-electron chi connectivity index (χ3n) is 6.40. The summed E-state index contributed by atoms with van der Waals surface area (Å²) in [4.78, 5) is 17.0. The lowest BCUT2D eigenvalue weighted by Crippen LogP contribution is -2.24. The molecule has 0 fully saturated rings. The van der Waals surface area contributed by atoms with E-state index in [1.807, 2.05) is 112 Å². The summed E-state index contributed by atoms with van der Waals surface area (Å²) in [6.07, 6.45) is 5.79. The zero-order valence-electron chi connectivity index (χ0n) is 22.8. The van der Waals surface area contributed by atoms with Crippen LogP contribution in [0.15, 0.2) is 91.4 Å². The van der Waals surface area contributed by atoms with E-state index in [0.717, 1.165) is 51.6 Å². The molecule has 200 valence electrons. The normalized spacial score (nSPS) is 11.4. The minimum Gasteiger partial charge on any atom is -0.286 e. The van der Waals surface area contributed by atoms with Crippen molar-refractivity contribution in [3.8, 4) is 17.5 Å². The van der Waals surface area contributed by atoms with Gasteiger partial charge < -0.3 is 0 Å². The Morgan fingerprint density at radius 1 is 0.475 bits per heavy atom. The van der Waals surface area contributed by atoms with Crippen LogP contribution >= 0.6 is 0 Å². The van der Waals surface area contributed by atoms with E-state index in [0.29, 0.717) is 19.6 Å². The molecule has 6 heterocycles. The predicted octanol–water partition coefficient (Wildman–Crippen LogP) is 4.56. The van der Waals surface area contributed by atoms with Gasteiger partial charge in [0, 0.05) is 38.2 Å². The highest BCUT2D eigenvalue weighted by molar-refractivity contribution is 5.27. The Bertz CT molecular complexity index is 1540. The SMILES string of the molecule is Cc1ccn(-c2cccc(CN(Cc3cccc(-n4ccc(C)n4)n3)Cc3cccc(-n4ccc(C)n4)n3)n2)n1. The molecule has 0 spiro atoms. The zero-order chi connectivity index (χ0) is 27.5. The first-order valence-electron chi connectivity index (χ1n) is 13.2. The van der Waals surface area contributed by atoms with Crippen molar-refractivity contribution in [2.24, 2.45) is 0 Å². The van der Waals surface area contributed by atoms with Crippen LogP contribution in [0.5, 0.6) is 0 Å². The fraction of sp³-hybridized carbons (Fsp3) is 0.200. The van der Waals surface area contributed by atoms with Crippen LogP contribution in [0.1, 0.15) is 34.2 Å². The number of hydrogen-bond acceptors (Lipinski definition) is 7. The Morgan fingerprint density at radius 2 is 0.800 bits per heavy atom. The second-order valence-electron chi connectivity index (χ2n) is 9.81. The highest BCUT2D eigenvalue weighted by Crippen LogP contribution is 2.16. The molecule has 10 nitrogen and oxygen atoms in total. The predicted molar refractivity (Wildman–Crippen MR) is 151 cm³/mol. The molecular weight excluding hydrogens is 500 g/mol. The van der Waals surface area contributed by atoms with Gasteiger partial charge >= 0.3 is 0 Å². The quantitative estimate of drug-likeness (QED) is 0.270. The molecule has 0 aromatic carbocycles. The minimum absolute atomic E-state index is 0.605. The van der Waals surface area contributed by atoms with Gasteiger partial charge in [-0.25, -0.2) is 29.0 Å².